The zero-order chi connectivity index (χ0) is 18.5. The number of esters is 1. The Hall–Kier alpha value is -1.91. The lowest BCUT2D eigenvalue weighted by Crippen LogP contribution is -2.60. The van der Waals surface area contributed by atoms with Gasteiger partial charge in [0.2, 0.25) is 0 Å². The maximum absolute atomic E-state index is 12.6. The second-order valence-electron chi connectivity index (χ2n) is 8.43. The molecule has 0 N–H and O–H groups in total. The predicted octanol–water partition coefficient (Wildman–Crippen LogP) is 3.31. The van der Waals surface area contributed by atoms with Crippen LogP contribution in [0, 0.1) is 28.6 Å². The van der Waals surface area contributed by atoms with Gasteiger partial charge in [0.1, 0.15) is 23.7 Å². The van der Waals surface area contributed by atoms with Crippen molar-refractivity contribution in [3.05, 3.63) is 23.7 Å². The summed E-state index contributed by atoms with van der Waals surface area (Å²) in [4.78, 5) is 37.3. The minimum absolute atomic E-state index is 0.108. The van der Waals surface area contributed by atoms with Gasteiger partial charge < -0.3 is 18.7 Å². The van der Waals surface area contributed by atoms with Gasteiger partial charge in [0.15, 0.2) is 0 Å². The first-order valence-electron chi connectivity index (χ1n) is 9.61. The number of rotatable bonds is 3. The van der Waals surface area contributed by atoms with Crippen molar-refractivity contribution in [2.45, 2.75) is 51.4 Å². The van der Waals surface area contributed by atoms with E-state index in [2.05, 4.69) is 6.92 Å². The molecular weight excluding hydrogens is 332 g/mol. The number of ether oxygens (including phenoxy) is 1. The van der Waals surface area contributed by atoms with Crippen LogP contribution in [0.15, 0.2) is 16.7 Å². The van der Waals surface area contributed by atoms with Gasteiger partial charge >= 0.3 is 5.97 Å². The summed E-state index contributed by atoms with van der Waals surface area (Å²) in [5, 5.41) is 0. The average Bonchev–Trinajstić information content (AvgIpc) is 3.15. The molecule has 5 heteroatoms. The summed E-state index contributed by atoms with van der Waals surface area (Å²) in [6.07, 6.45) is 7.80. The van der Waals surface area contributed by atoms with E-state index >= 15 is 0 Å². The fraction of sp³-hybridized carbons (Fsp3) is 0.667. The van der Waals surface area contributed by atoms with Crippen molar-refractivity contribution in [2.24, 2.45) is 28.6 Å². The molecule has 0 spiro atoms. The molecule has 2 fully saturated rings. The first-order chi connectivity index (χ1) is 12.5. The van der Waals surface area contributed by atoms with E-state index in [0.717, 1.165) is 31.2 Å². The van der Waals surface area contributed by atoms with Crippen LogP contribution in [-0.2, 0) is 25.5 Å². The quantitative estimate of drug-likeness (QED) is 0.471. The number of hydrogen-bond acceptors (Lipinski definition) is 5. The topological polar surface area (TPSA) is 73.6 Å². The number of methoxy groups -OCH3 is 1. The number of aldehydes is 2. The fourth-order valence-corrected chi connectivity index (χ4v) is 6.59. The molecule has 1 heterocycles. The van der Waals surface area contributed by atoms with E-state index in [-0.39, 0.29) is 11.8 Å². The van der Waals surface area contributed by atoms with E-state index in [1.807, 2.05) is 6.07 Å². The first kappa shape index (κ1) is 17.5. The zero-order valence-electron chi connectivity index (χ0n) is 15.4. The summed E-state index contributed by atoms with van der Waals surface area (Å²) in [5.41, 5.74) is -0.600. The molecular formula is C21H26O5. The minimum atomic E-state index is -1.19. The van der Waals surface area contributed by atoms with Crippen LogP contribution in [0.25, 0.3) is 0 Å². The Morgan fingerprint density at radius 3 is 2.77 bits per heavy atom. The molecule has 26 heavy (non-hydrogen) atoms. The average molecular weight is 358 g/mol. The number of carbonyl (C=O) groups excluding carboxylic acids is 3. The van der Waals surface area contributed by atoms with Crippen molar-refractivity contribution >= 4 is 18.5 Å². The molecule has 140 valence electrons. The molecule has 0 unspecified atom stereocenters. The molecule has 1 aromatic heterocycles. The predicted molar refractivity (Wildman–Crippen MR) is 93.4 cm³/mol. The van der Waals surface area contributed by atoms with Crippen LogP contribution in [0.5, 0.6) is 0 Å². The highest BCUT2D eigenvalue weighted by atomic mass is 16.5. The van der Waals surface area contributed by atoms with E-state index in [1.54, 1.807) is 6.26 Å². The molecule has 2 saturated carbocycles. The first-order valence-corrected chi connectivity index (χ1v) is 9.61. The van der Waals surface area contributed by atoms with E-state index in [0.29, 0.717) is 37.5 Å². The van der Waals surface area contributed by atoms with Gasteiger partial charge in [-0.25, -0.2) is 0 Å². The maximum atomic E-state index is 12.6. The SMILES string of the molecule is COC(=O)[C@]1(C=O)CCC[C@]2(C=O)[C@@H]3Cc4occc4[C@@H](C)[C@@H]3CC[C@@H]21. The molecule has 1 aromatic rings. The fourth-order valence-electron chi connectivity index (χ4n) is 6.59. The second-order valence-corrected chi connectivity index (χ2v) is 8.43. The van der Waals surface area contributed by atoms with Gasteiger partial charge in [0, 0.05) is 11.8 Å². The van der Waals surface area contributed by atoms with Crippen LogP contribution in [-0.4, -0.2) is 25.7 Å². The van der Waals surface area contributed by atoms with Crippen molar-refractivity contribution < 1.29 is 23.5 Å². The summed E-state index contributed by atoms with van der Waals surface area (Å²) in [7, 11) is 1.33. The molecule has 0 bridgehead atoms. The minimum Gasteiger partial charge on any atom is -0.469 e. The molecule has 4 rings (SSSR count). The van der Waals surface area contributed by atoms with Gasteiger partial charge in [-0.2, -0.15) is 0 Å². The smallest absolute Gasteiger partial charge is 0.319 e. The Balaban J connectivity index is 1.81. The van der Waals surface area contributed by atoms with E-state index in [9.17, 15) is 14.4 Å². The van der Waals surface area contributed by atoms with Crippen molar-refractivity contribution in [1.29, 1.82) is 0 Å². The molecule has 0 amide bonds. The van der Waals surface area contributed by atoms with Crippen LogP contribution in [0.4, 0.5) is 0 Å². The summed E-state index contributed by atoms with van der Waals surface area (Å²) in [6.45, 7) is 2.21. The standard InChI is InChI=1S/C21H26O5/c1-13-14-4-5-18-20(11-22,16(14)10-17-15(13)6-9-26-17)7-3-8-21(18,12-23)19(24)25-2/h6,9,11-14,16,18H,3-5,7-8,10H2,1-2H3/t13-,14-,16+,18-,20-,21-/m0/s1. The summed E-state index contributed by atoms with van der Waals surface area (Å²) < 4.78 is 10.7. The Labute approximate surface area is 153 Å². The molecule has 0 aliphatic heterocycles. The third-order valence-corrected chi connectivity index (χ3v) is 7.78. The summed E-state index contributed by atoms with van der Waals surface area (Å²) >= 11 is 0. The molecule has 0 radical (unpaired) electrons. The Morgan fingerprint density at radius 2 is 2.08 bits per heavy atom. The van der Waals surface area contributed by atoms with Gasteiger partial charge in [-0.3, -0.25) is 4.79 Å². The molecule has 0 aromatic carbocycles. The Bertz CT molecular complexity index is 737. The highest BCUT2D eigenvalue weighted by Gasteiger charge is 2.64. The van der Waals surface area contributed by atoms with Crippen LogP contribution in [0.2, 0.25) is 0 Å². The van der Waals surface area contributed by atoms with Gasteiger partial charge in [0.05, 0.1) is 13.4 Å². The van der Waals surface area contributed by atoms with E-state index in [4.69, 9.17) is 9.15 Å². The summed E-state index contributed by atoms with van der Waals surface area (Å²) in [6, 6.07) is 2.04. The van der Waals surface area contributed by atoms with Crippen LogP contribution in [0.1, 0.15) is 56.3 Å². The third kappa shape index (κ3) is 2.06. The largest absolute Gasteiger partial charge is 0.469 e. The zero-order valence-corrected chi connectivity index (χ0v) is 15.4. The van der Waals surface area contributed by atoms with Gasteiger partial charge in [-0.05, 0) is 61.0 Å². The lowest BCUT2D eigenvalue weighted by molar-refractivity contribution is -0.178. The lowest BCUT2D eigenvalue weighted by Gasteiger charge is -2.59. The van der Waals surface area contributed by atoms with E-state index < -0.39 is 16.8 Å². The summed E-state index contributed by atoms with van der Waals surface area (Å²) in [5.74, 6) is 1.01. The number of hydrogen-bond donors (Lipinski definition) is 0. The van der Waals surface area contributed by atoms with Crippen LogP contribution >= 0.6 is 0 Å². The lowest BCUT2D eigenvalue weighted by atomic mass is 9.43. The molecule has 6 atom stereocenters. The highest BCUT2D eigenvalue weighted by Crippen LogP contribution is 2.64. The van der Waals surface area contributed by atoms with Gasteiger partial charge in [-0.15, -0.1) is 0 Å². The van der Waals surface area contributed by atoms with Gasteiger partial charge in [-0.1, -0.05) is 13.3 Å². The van der Waals surface area contributed by atoms with Crippen LogP contribution < -0.4 is 0 Å². The number of fused-ring (bicyclic) bond motifs is 4. The van der Waals surface area contributed by atoms with Gasteiger partial charge in [0.25, 0.3) is 0 Å². The molecule has 5 nitrogen and oxygen atoms in total. The number of carbonyl (C=O) groups is 3. The van der Waals surface area contributed by atoms with E-state index in [1.165, 1.54) is 12.7 Å². The monoisotopic (exact) mass is 358 g/mol. The highest BCUT2D eigenvalue weighted by molar-refractivity contribution is 5.94. The maximum Gasteiger partial charge on any atom is 0.319 e. The molecule has 3 aliphatic rings. The van der Waals surface area contributed by atoms with Crippen molar-refractivity contribution in [3.63, 3.8) is 0 Å². The Kier molecular flexibility index (Phi) is 4.08. The molecule has 0 saturated heterocycles. The second kappa shape index (κ2) is 6.07. The normalized spacial score (nSPS) is 41.3. The van der Waals surface area contributed by atoms with Crippen LogP contribution in [0.3, 0.4) is 0 Å². The number of furan rings is 1. The molecule has 3 aliphatic carbocycles. The van der Waals surface area contributed by atoms with Crippen molar-refractivity contribution in [1.82, 2.24) is 0 Å². The Morgan fingerprint density at radius 1 is 1.27 bits per heavy atom. The third-order valence-electron chi connectivity index (χ3n) is 7.78. The van der Waals surface area contributed by atoms with Crippen molar-refractivity contribution in [3.8, 4) is 0 Å². The van der Waals surface area contributed by atoms with Crippen molar-refractivity contribution in [2.75, 3.05) is 7.11 Å².